The maximum Gasteiger partial charge on any atom is 0.241 e. The van der Waals surface area contributed by atoms with Gasteiger partial charge in [0, 0.05) is 23.7 Å². The zero-order valence-corrected chi connectivity index (χ0v) is 12.4. The Kier molecular flexibility index (Phi) is 3.41. The summed E-state index contributed by atoms with van der Waals surface area (Å²) in [5, 5.41) is 8.22. The summed E-state index contributed by atoms with van der Waals surface area (Å²) in [6.07, 6.45) is 0. The van der Waals surface area contributed by atoms with Gasteiger partial charge in [0.25, 0.3) is 0 Å². The Bertz CT molecular complexity index is 615. The molecule has 2 fully saturated rings. The average molecular weight is 305 g/mol. The van der Waals surface area contributed by atoms with E-state index in [1.165, 1.54) is 0 Å². The smallest absolute Gasteiger partial charge is 0.241 e. The summed E-state index contributed by atoms with van der Waals surface area (Å²) >= 11 is 5.89. The van der Waals surface area contributed by atoms with Gasteiger partial charge in [-0.2, -0.15) is 4.98 Å². The molecule has 2 atom stereocenters. The second-order valence-electron chi connectivity index (χ2n) is 5.89. The van der Waals surface area contributed by atoms with Crippen LogP contribution in [0, 0.1) is 11.8 Å². The minimum absolute atomic E-state index is 0.628. The molecule has 0 saturated carbocycles. The van der Waals surface area contributed by atoms with Crippen LogP contribution in [0.4, 0.5) is 0 Å². The highest BCUT2D eigenvalue weighted by Gasteiger charge is 2.36. The van der Waals surface area contributed by atoms with Crippen LogP contribution in [0.3, 0.4) is 0 Å². The second kappa shape index (κ2) is 5.40. The Labute approximate surface area is 128 Å². The molecule has 2 aromatic rings. The summed E-state index contributed by atoms with van der Waals surface area (Å²) in [5.41, 5.74) is 0.928. The van der Waals surface area contributed by atoms with Gasteiger partial charge in [-0.25, -0.2) is 0 Å². The van der Waals surface area contributed by atoms with E-state index in [1.54, 1.807) is 0 Å². The third-order valence-electron chi connectivity index (χ3n) is 4.39. The molecule has 21 heavy (non-hydrogen) atoms. The highest BCUT2D eigenvalue weighted by molar-refractivity contribution is 6.30. The third kappa shape index (κ3) is 2.69. The van der Waals surface area contributed by atoms with Crippen molar-refractivity contribution in [1.82, 2.24) is 20.4 Å². The molecule has 110 valence electrons. The molecule has 5 nitrogen and oxygen atoms in total. The molecule has 6 heteroatoms. The lowest BCUT2D eigenvalue weighted by molar-refractivity contribution is 0.253. The minimum Gasteiger partial charge on any atom is -0.338 e. The molecule has 0 amide bonds. The number of likely N-dealkylation sites (tertiary alicyclic amines) is 1. The van der Waals surface area contributed by atoms with Crippen molar-refractivity contribution in [3.63, 3.8) is 0 Å². The van der Waals surface area contributed by atoms with Crippen molar-refractivity contribution < 1.29 is 4.52 Å². The van der Waals surface area contributed by atoms with Gasteiger partial charge in [0.1, 0.15) is 0 Å². The molecular weight excluding hydrogens is 288 g/mol. The fraction of sp³-hybridized carbons (Fsp3) is 0.467. The molecule has 2 saturated heterocycles. The highest BCUT2D eigenvalue weighted by Crippen LogP contribution is 2.27. The van der Waals surface area contributed by atoms with Crippen molar-refractivity contribution in [1.29, 1.82) is 0 Å². The van der Waals surface area contributed by atoms with E-state index in [1.807, 2.05) is 24.3 Å². The van der Waals surface area contributed by atoms with E-state index in [2.05, 4.69) is 20.4 Å². The Balaban J connectivity index is 1.44. The zero-order valence-electron chi connectivity index (χ0n) is 11.6. The first-order valence-corrected chi connectivity index (χ1v) is 7.67. The van der Waals surface area contributed by atoms with Crippen LogP contribution in [0.1, 0.15) is 5.89 Å². The van der Waals surface area contributed by atoms with Gasteiger partial charge in [0.2, 0.25) is 11.7 Å². The lowest BCUT2D eigenvalue weighted by Gasteiger charge is -2.13. The lowest BCUT2D eigenvalue weighted by Crippen LogP contribution is -2.25. The van der Waals surface area contributed by atoms with E-state index in [0.29, 0.717) is 16.7 Å². The van der Waals surface area contributed by atoms with E-state index in [9.17, 15) is 0 Å². The van der Waals surface area contributed by atoms with Gasteiger partial charge in [-0.05, 0) is 49.2 Å². The number of hydrogen-bond acceptors (Lipinski definition) is 5. The highest BCUT2D eigenvalue weighted by atomic mass is 35.5. The summed E-state index contributed by atoms with van der Waals surface area (Å²) in [6, 6.07) is 7.48. The Morgan fingerprint density at radius 2 is 1.90 bits per heavy atom. The van der Waals surface area contributed by atoms with Crippen molar-refractivity contribution in [3.8, 4) is 11.4 Å². The fourth-order valence-corrected chi connectivity index (χ4v) is 3.43. The molecule has 3 heterocycles. The molecule has 1 aromatic carbocycles. The van der Waals surface area contributed by atoms with Crippen LogP contribution in [0.2, 0.25) is 5.02 Å². The second-order valence-corrected chi connectivity index (χ2v) is 6.33. The van der Waals surface area contributed by atoms with Crippen LogP contribution in [0.5, 0.6) is 0 Å². The van der Waals surface area contributed by atoms with Crippen molar-refractivity contribution in [2.24, 2.45) is 11.8 Å². The molecule has 2 aliphatic heterocycles. The van der Waals surface area contributed by atoms with Crippen LogP contribution in [0.15, 0.2) is 28.8 Å². The number of nitrogens with one attached hydrogen (secondary N) is 1. The molecule has 0 spiro atoms. The monoisotopic (exact) mass is 304 g/mol. The SMILES string of the molecule is Clc1ccc(-c2noc(CN3CC4CNCC4C3)n2)cc1. The van der Waals surface area contributed by atoms with Gasteiger partial charge in [-0.3, -0.25) is 4.90 Å². The number of hydrogen-bond donors (Lipinski definition) is 1. The summed E-state index contributed by atoms with van der Waals surface area (Å²) in [5.74, 6) is 2.88. The van der Waals surface area contributed by atoms with Crippen LogP contribution in [-0.4, -0.2) is 41.2 Å². The van der Waals surface area contributed by atoms with Gasteiger partial charge in [0.15, 0.2) is 0 Å². The predicted molar refractivity (Wildman–Crippen MR) is 79.9 cm³/mol. The molecule has 0 aliphatic carbocycles. The van der Waals surface area contributed by atoms with Gasteiger partial charge in [0.05, 0.1) is 6.54 Å². The normalized spacial score (nSPS) is 25.4. The Morgan fingerprint density at radius 1 is 1.19 bits per heavy atom. The summed E-state index contributed by atoms with van der Waals surface area (Å²) in [6.45, 7) is 5.27. The largest absolute Gasteiger partial charge is 0.338 e. The van der Waals surface area contributed by atoms with E-state index in [-0.39, 0.29) is 0 Å². The number of aromatic nitrogens is 2. The maximum absolute atomic E-state index is 5.89. The third-order valence-corrected chi connectivity index (χ3v) is 4.65. The summed E-state index contributed by atoms with van der Waals surface area (Å²) in [4.78, 5) is 6.90. The van der Waals surface area contributed by atoms with Crippen molar-refractivity contribution >= 4 is 11.6 Å². The molecular formula is C15H17ClN4O. The number of halogens is 1. The molecule has 2 aliphatic rings. The molecule has 4 rings (SSSR count). The van der Waals surface area contributed by atoms with Crippen LogP contribution in [0.25, 0.3) is 11.4 Å². The van der Waals surface area contributed by atoms with E-state index in [4.69, 9.17) is 16.1 Å². The van der Waals surface area contributed by atoms with Gasteiger partial charge in [-0.15, -0.1) is 0 Å². The standard InChI is InChI=1S/C15H17ClN4O/c16-13-3-1-10(2-4-13)15-18-14(21-19-15)9-20-7-11-5-17-6-12(11)8-20/h1-4,11-12,17H,5-9H2. The Morgan fingerprint density at radius 3 is 2.62 bits per heavy atom. The molecule has 1 aromatic heterocycles. The Hall–Kier alpha value is -1.43. The first-order chi connectivity index (χ1) is 10.3. The summed E-state index contributed by atoms with van der Waals surface area (Å²) in [7, 11) is 0. The topological polar surface area (TPSA) is 54.2 Å². The minimum atomic E-state index is 0.628. The van der Waals surface area contributed by atoms with Crippen LogP contribution in [-0.2, 0) is 6.54 Å². The summed E-state index contributed by atoms with van der Waals surface area (Å²) < 4.78 is 5.38. The number of rotatable bonds is 3. The molecule has 1 N–H and O–H groups in total. The number of fused-ring (bicyclic) bond motifs is 1. The zero-order chi connectivity index (χ0) is 14.2. The first kappa shape index (κ1) is 13.2. The van der Waals surface area contributed by atoms with Crippen LogP contribution >= 0.6 is 11.6 Å². The van der Waals surface area contributed by atoms with E-state index >= 15 is 0 Å². The van der Waals surface area contributed by atoms with Crippen LogP contribution < -0.4 is 5.32 Å². The van der Waals surface area contributed by atoms with Crippen molar-refractivity contribution in [3.05, 3.63) is 35.2 Å². The molecule has 2 unspecified atom stereocenters. The van der Waals surface area contributed by atoms with Crippen molar-refractivity contribution in [2.45, 2.75) is 6.54 Å². The maximum atomic E-state index is 5.89. The lowest BCUT2D eigenvalue weighted by atomic mass is 10.0. The van der Waals surface area contributed by atoms with Gasteiger partial charge in [-0.1, -0.05) is 16.8 Å². The van der Waals surface area contributed by atoms with E-state index < -0.39 is 0 Å². The molecule has 0 radical (unpaired) electrons. The molecule has 0 bridgehead atoms. The first-order valence-electron chi connectivity index (χ1n) is 7.29. The predicted octanol–water partition coefficient (Wildman–Crippen LogP) is 2.04. The van der Waals surface area contributed by atoms with Gasteiger partial charge < -0.3 is 9.84 Å². The quantitative estimate of drug-likeness (QED) is 0.940. The number of nitrogens with zero attached hydrogens (tertiary/aromatic N) is 3. The van der Waals surface area contributed by atoms with Crippen molar-refractivity contribution in [2.75, 3.05) is 26.2 Å². The van der Waals surface area contributed by atoms with Gasteiger partial charge >= 0.3 is 0 Å². The van der Waals surface area contributed by atoms with E-state index in [0.717, 1.165) is 50.1 Å². The average Bonchev–Trinajstić information content (AvgIpc) is 3.16. The number of benzene rings is 1. The fourth-order valence-electron chi connectivity index (χ4n) is 3.31.